The fourth-order valence-corrected chi connectivity index (χ4v) is 1.14. The summed E-state index contributed by atoms with van der Waals surface area (Å²) in [5.41, 5.74) is -1.44. The van der Waals surface area contributed by atoms with Crippen molar-refractivity contribution in [2.24, 2.45) is 0 Å². The van der Waals surface area contributed by atoms with Crippen molar-refractivity contribution >= 4 is 11.4 Å². The van der Waals surface area contributed by atoms with Crippen molar-refractivity contribution in [1.29, 1.82) is 0 Å². The molecule has 1 heterocycles. The summed E-state index contributed by atoms with van der Waals surface area (Å²) in [6.45, 7) is 1.85. The number of aromatic nitrogens is 1. The van der Waals surface area contributed by atoms with Crippen LogP contribution < -0.4 is 16.0 Å². The molecule has 4 N–H and O–H groups in total. The van der Waals surface area contributed by atoms with Gasteiger partial charge in [-0.3, -0.25) is 4.79 Å². The molecule has 1 rings (SSSR count). The van der Waals surface area contributed by atoms with Gasteiger partial charge >= 0.3 is 5.56 Å². The minimum absolute atomic E-state index is 0.214. The summed E-state index contributed by atoms with van der Waals surface area (Å²) in [4.78, 5) is 11.4. The molecule has 0 aliphatic rings. The van der Waals surface area contributed by atoms with Crippen molar-refractivity contribution in [2.75, 3.05) is 0 Å². The average Bonchev–Trinajstić information content (AvgIpc) is 2.17. The van der Waals surface area contributed by atoms with Gasteiger partial charge in [0, 0.05) is 6.54 Å². The van der Waals surface area contributed by atoms with Crippen LogP contribution in [0.25, 0.3) is 0 Å². The molecule has 0 aliphatic heterocycles. The molecular weight excluding hydrogens is 206 g/mol. The third-order valence-corrected chi connectivity index (χ3v) is 1.90. The van der Waals surface area contributed by atoms with E-state index in [0.717, 1.165) is 16.8 Å². The number of aryl methyl sites for hydroxylation is 1. The van der Waals surface area contributed by atoms with Crippen LogP contribution in [0, 0.1) is 10.4 Å². The number of rotatable bonds is 3. The van der Waals surface area contributed by atoms with E-state index in [2.05, 4.69) is 0 Å². The smallest absolute Gasteiger partial charge is 0.315 e. The van der Waals surface area contributed by atoms with Gasteiger partial charge in [0.2, 0.25) is 5.69 Å². The van der Waals surface area contributed by atoms with Gasteiger partial charge < -0.3 is 15.0 Å². The van der Waals surface area contributed by atoms with Gasteiger partial charge in [0.25, 0.3) is 0 Å². The second-order valence-corrected chi connectivity index (χ2v) is 2.84. The predicted octanol–water partition coefficient (Wildman–Crippen LogP) is -2.32. The molecule has 8 nitrogen and oxygen atoms in total. The normalized spacial score (nSPS) is 15.0. The van der Waals surface area contributed by atoms with Crippen LogP contribution >= 0.6 is 0 Å². The summed E-state index contributed by atoms with van der Waals surface area (Å²) < 4.78 is 1.05. The number of nitrogens with one attached hydrogen (secondary N) is 2. The van der Waals surface area contributed by atoms with Crippen LogP contribution in [0.4, 0.5) is 11.4 Å². The van der Waals surface area contributed by atoms with Gasteiger partial charge in [-0.1, -0.05) is 0 Å². The summed E-state index contributed by atoms with van der Waals surface area (Å²) in [6, 6.07) is 0.860. The molecule has 0 bridgehead atoms. The Morgan fingerprint density at radius 1 is 1.40 bits per heavy atom. The molecule has 0 saturated carbocycles. The Bertz CT molecular complexity index is 400. The Balaban J connectivity index is 3.39. The van der Waals surface area contributed by atoms with Crippen LogP contribution in [-0.2, 0) is 6.54 Å². The SMILES string of the molecule is CCn1cc([NH+]([O-])O)cc([NH+]([O-])O)c1=O. The summed E-state index contributed by atoms with van der Waals surface area (Å²) in [7, 11) is 0. The lowest BCUT2D eigenvalue weighted by Gasteiger charge is -2.16. The first kappa shape index (κ1) is 11.8. The maximum absolute atomic E-state index is 11.4. The van der Waals surface area contributed by atoms with E-state index in [-0.39, 0.29) is 12.2 Å². The molecule has 15 heavy (non-hydrogen) atoms. The molecule has 1 aromatic heterocycles. The highest BCUT2D eigenvalue weighted by Crippen LogP contribution is 2.02. The van der Waals surface area contributed by atoms with Gasteiger partial charge in [-0.15, -0.1) is 0 Å². The molecule has 0 radical (unpaired) electrons. The van der Waals surface area contributed by atoms with E-state index in [4.69, 9.17) is 10.4 Å². The number of pyridine rings is 1. The van der Waals surface area contributed by atoms with Crippen LogP contribution in [0.15, 0.2) is 17.1 Å². The van der Waals surface area contributed by atoms with Crippen molar-refractivity contribution < 1.29 is 20.9 Å². The highest BCUT2D eigenvalue weighted by Gasteiger charge is 2.14. The summed E-state index contributed by atoms with van der Waals surface area (Å²) in [6.07, 6.45) is 1.12. The fraction of sp³-hybridized carbons (Fsp3) is 0.286. The standard InChI is InChI=1S/C7H11N3O5/c1-2-8-4-5(9(12)13)3-6(7(8)11)10(14)15/h3-4,9-10,12,14H,2H2,1H3. The van der Waals surface area contributed by atoms with Crippen molar-refractivity contribution in [3.8, 4) is 0 Å². The minimum Gasteiger partial charge on any atom is -0.595 e. The van der Waals surface area contributed by atoms with Crippen LogP contribution in [-0.4, -0.2) is 15.0 Å². The van der Waals surface area contributed by atoms with Gasteiger partial charge in [0.1, 0.15) is 0 Å². The third kappa shape index (κ3) is 2.39. The van der Waals surface area contributed by atoms with Crippen molar-refractivity contribution in [1.82, 2.24) is 4.57 Å². The molecule has 1 aromatic rings. The second-order valence-electron chi connectivity index (χ2n) is 2.84. The fourth-order valence-electron chi connectivity index (χ4n) is 1.14. The van der Waals surface area contributed by atoms with Crippen molar-refractivity contribution in [2.45, 2.75) is 13.5 Å². The first-order valence-corrected chi connectivity index (χ1v) is 4.18. The van der Waals surface area contributed by atoms with E-state index >= 15 is 0 Å². The molecule has 0 amide bonds. The lowest BCUT2D eigenvalue weighted by molar-refractivity contribution is -0.996. The van der Waals surface area contributed by atoms with Gasteiger partial charge in [-0.2, -0.15) is 10.5 Å². The average molecular weight is 217 g/mol. The predicted molar refractivity (Wildman–Crippen MR) is 47.9 cm³/mol. The summed E-state index contributed by atoms with van der Waals surface area (Å²) in [5.74, 6) is 0. The first-order chi connectivity index (χ1) is 6.97. The van der Waals surface area contributed by atoms with E-state index in [0.29, 0.717) is 0 Å². The number of hydrogen-bond acceptors (Lipinski definition) is 5. The van der Waals surface area contributed by atoms with Crippen LogP contribution in [0.5, 0.6) is 0 Å². The largest absolute Gasteiger partial charge is 0.595 e. The van der Waals surface area contributed by atoms with Crippen molar-refractivity contribution in [3.05, 3.63) is 33.0 Å². The molecule has 2 atom stereocenters. The summed E-state index contributed by atoms with van der Waals surface area (Å²) >= 11 is 0. The zero-order valence-corrected chi connectivity index (χ0v) is 7.93. The molecule has 0 aliphatic carbocycles. The topological polar surface area (TPSA) is 117 Å². The Labute approximate surface area is 84.3 Å². The zero-order chi connectivity index (χ0) is 11.6. The summed E-state index contributed by atoms with van der Waals surface area (Å²) in [5, 5.41) is 36.0. The van der Waals surface area contributed by atoms with E-state index in [1.807, 2.05) is 0 Å². The number of hydrogen-bond donors (Lipinski definition) is 4. The molecule has 0 aromatic carbocycles. The lowest BCUT2D eigenvalue weighted by atomic mass is 10.3. The van der Waals surface area contributed by atoms with Crippen LogP contribution in [0.2, 0.25) is 0 Å². The molecule has 8 heteroatoms. The van der Waals surface area contributed by atoms with E-state index in [9.17, 15) is 15.2 Å². The maximum Gasteiger partial charge on any atom is 0.315 e. The monoisotopic (exact) mass is 217 g/mol. The number of nitrogens with zero attached hydrogens (tertiary/aromatic N) is 1. The molecule has 2 unspecified atom stereocenters. The third-order valence-electron chi connectivity index (χ3n) is 1.90. The Kier molecular flexibility index (Phi) is 3.52. The molecule has 0 spiro atoms. The lowest BCUT2D eigenvalue weighted by Crippen LogP contribution is -3.01. The highest BCUT2D eigenvalue weighted by atomic mass is 16.8. The first-order valence-electron chi connectivity index (χ1n) is 4.18. The van der Waals surface area contributed by atoms with E-state index in [1.165, 1.54) is 0 Å². The quantitative estimate of drug-likeness (QED) is 0.424. The zero-order valence-electron chi connectivity index (χ0n) is 7.93. The van der Waals surface area contributed by atoms with Gasteiger partial charge in [-0.05, 0) is 6.92 Å². The van der Waals surface area contributed by atoms with E-state index < -0.39 is 21.7 Å². The second kappa shape index (κ2) is 4.49. The van der Waals surface area contributed by atoms with Gasteiger partial charge in [0.05, 0.1) is 12.3 Å². The van der Waals surface area contributed by atoms with E-state index in [1.54, 1.807) is 6.92 Å². The molecule has 0 fully saturated rings. The Hall–Kier alpha value is -1.29. The van der Waals surface area contributed by atoms with Crippen LogP contribution in [0.3, 0.4) is 0 Å². The van der Waals surface area contributed by atoms with Crippen LogP contribution in [0.1, 0.15) is 6.92 Å². The Morgan fingerprint density at radius 3 is 2.40 bits per heavy atom. The minimum atomic E-state index is -1.43. The van der Waals surface area contributed by atoms with Crippen molar-refractivity contribution in [3.63, 3.8) is 0 Å². The Morgan fingerprint density at radius 2 is 2.00 bits per heavy atom. The molecule has 0 saturated heterocycles. The van der Waals surface area contributed by atoms with Gasteiger partial charge in [-0.25, -0.2) is 10.4 Å². The highest BCUT2D eigenvalue weighted by molar-refractivity contribution is 5.38. The molecule has 84 valence electrons. The number of quaternary nitrogens is 2. The van der Waals surface area contributed by atoms with Gasteiger partial charge in [0.15, 0.2) is 5.69 Å². The molecular formula is C7H11N3O5. The maximum atomic E-state index is 11.4.